The Labute approximate surface area is 208 Å². The van der Waals surface area contributed by atoms with Crippen molar-refractivity contribution in [3.8, 4) is 5.82 Å². The van der Waals surface area contributed by atoms with Crippen LogP contribution in [-0.2, 0) is 9.53 Å². The largest absolute Gasteiger partial charge is 0.462 e. The number of aromatic nitrogens is 3. The van der Waals surface area contributed by atoms with Crippen molar-refractivity contribution in [2.75, 3.05) is 17.2 Å². The smallest absolute Gasteiger partial charge is 0.343 e. The number of carbonyl (C=O) groups excluding carboxylic acids is 3. The van der Waals surface area contributed by atoms with Crippen LogP contribution in [0.2, 0.25) is 0 Å². The number of rotatable bonds is 6. The lowest BCUT2D eigenvalue weighted by Crippen LogP contribution is -2.19. The summed E-state index contributed by atoms with van der Waals surface area (Å²) in [5.74, 6) is -0.767. The second kappa shape index (κ2) is 9.99. The molecule has 0 aliphatic rings. The molecule has 0 spiro atoms. The average molecular weight is 486 g/mol. The number of nitrogens with one attached hydrogen (secondary N) is 2. The van der Waals surface area contributed by atoms with Crippen molar-refractivity contribution < 1.29 is 19.1 Å². The molecule has 0 aliphatic carbocycles. The van der Waals surface area contributed by atoms with Crippen molar-refractivity contribution in [3.63, 3.8) is 0 Å². The molecule has 9 nitrogen and oxygen atoms in total. The monoisotopic (exact) mass is 485 g/mol. The van der Waals surface area contributed by atoms with E-state index in [4.69, 9.17) is 9.72 Å². The van der Waals surface area contributed by atoms with Crippen molar-refractivity contribution in [2.24, 2.45) is 0 Å². The molecule has 184 valence electrons. The third kappa shape index (κ3) is 4.95. The van der Waals surface area contributed by atoms with E-state index in [1.807, 2.05) is 26.8 Å². The molecule has 0 aliphatic heterocycles. The quantitative estimate of drug-likeness (QED) is 0.382. The molecule has 0 saturated heterocycles. The first-order chi connectivity index (χ1) is 17.2. The minimum absolute atomic E-state index is 0.100. The van der Waals surface area contributed by atoms with Crippen molar-refractivity contribution in [1.29, 1.82) is 0 Å². The normalized spacial score (nSPS) is 10.8. The summed E-state index contributed by atoms with van der Waals surface area (Å²) in [4.78, 5) is 42.1. The highest BCUT2D eigenvalue weighted by molar-refractivity contribution is 6.08. The second-order valence-electron chi connectivity index (χ2n) is 8.53. The summed E-state index contributed by atoms with van der Waals surface area (Å²) in [6.45, 7) is 9.26. The highest BCUT2D eigenvalue weighted by Gasteiger charge is 2.23. The summed E-state index contributed by atoms with van der Waals surface area (Å²) in [6.07, 6.45) is 1.35. The number of aryl methyl sites for hydroxylation is 3. The Balaban J connectivity index is 1.80. The van der Waals surface area contributed by atoms with Crippen LogP contribution in [0.5, 0.6) is 0 Å². The zero-order valence-electron chi connectivity index (χ0n) is 20.8. The molecule has 0 radical (unpaired) electrons. The van der Waals surface area contributed by atoms with E-state index in [0.717, 1.165) is 27.6 Å². The Bertz CT molecular complexity index is 1510. The molecule has 0 unspecified atom stereocenters. The Kier molecular flexibility index (Phi) is 6.82. The van der Waals surface area contributed by atoms with Crippen molar-refractivity contribution in [3.05, 3.63) is 76.5 Å². The van der Waals surface area contributed by atoms with E-state index < -0.39 is 11.9 Å². The predicted molar refractivity (Wildman–Crippen MR) is 138 cm³/mol. The molecule has 2 aromatic heterocycles. The van der Waals surface area contributed by atoms with Gasteiger partial charge in [0.15, 0.2) is 11.6 Å². The van der Waals surface area contributed by atoms with Gasteiger partial charge in [-0.25, -0.2) is 9.78 Å². The first kappa shape index (κ1) is 24.6. The first-order valence-corrected chi connectivity index (χ1v) is 11.5. The molecule has 2 heterocycles. The van der Waals surface area contributed by atoms with Crippen molar-refractivity contribution in [1.82, 2.24) is 14.8 Å². The molecule has 0 saturated carbocycles. The maximum atomic E-state index is 13.2. The first-order valence-electron chi connectivity index (χ1n) is 11.5. The molecule has 9 heteroatoms. The van der Waals surface area contributed by atoms with Crippen LogP contribution in [0.1, 0.15) is 51.3 Å². The predicted octanol–water partition coefficient (Wildman–Crippen LogP) is 4.73. The number of carbonyl (C=O) groups is 3. The maximum absolute atomic E-state index is 13.2. The Morgan fingerprint density at radius 1 is 1.00 bits per heavy atom. The van der Waals surface area contributed by atoms with E-state index in [2.05, 4.69) is 27.9 Å². The van der Waals surface area contributed by atoms with Crippen LogP contribution in [0.15, 0.2) is 48.7 Å². The molecule has 2 aromatic carbocycles. The number of nitrogens with zero attached hydrogens (tertiary/aromatic N) is 3. The third-order valence-corrected chi connectivity index (χ3v) is 5.60. The summed E-state index contributed by atoms with van der Waals surface area (Å²) >= 11 is 0. The van der Waals surface area contributed by atoms with Crippen LogP contribution in [0.3, 0.4) is 0 Å². The number of amides is 2. The van der Waals surface area contributed by atoms with Crippen LogP contribution in [0, 0.1) is 20.8 Å². The lowest BCUT2D eigenvalue weighted by Gasteiger charge is -2.14. The van der Waals surface area contributed by atoms with Gasteiger partial charge in [-0.15, -0.1) is 0 Å². The zero-order chi connectivity index (χ0) is 26.0. The van der Waals surface area contributed by atoms with Gasteiger partial charge in [-0.3, -0.25) is 9.59 Å². The number of ether oxygens (including phenoxy) is 1. The lowest BCUT2D eigenvalue weighted by atomic mass is 10.0. The van der Waals surface area contributed by atoms with Gasteiger partial charge in [-0.2, -0.15) is 9.78 Å². The van der Waals surface area contributed by atoms with Gasteiger partial charge >= 0.3 is 5.97 Å². The molecule has 4 rings (SSSR count). The molecular weight excluding hydrogens is 458 g/mol. The fraction of sp³-hybridized carbons (Fsp3) is 0.222. The van der Waals surface area contributed by atoms with Crippen molar-refractivity contribution in [2.45, 2.75) is 34.6 Å². The molecule has 2 N–H and O–H groups in total. The average Bonchev–Trinajstić information content (AvgIpc) is 3.23. The van der Waals surface area contributed by atoms with E-state index >= 15 is 0 Å². The lowest BCUT2D eigenvalue weighted by molar-refractivity contribution is -0.114. The SMILES string of the molecule is CCOC(=O)c1cnn(-c2cc(C)c3cc(C)cc(C)c3n2)c1NC(=O)c1cccc(NC(C)=O)c1. The van der Waals surface area contributed by atoms with E-state index in [9.17, 15) is 14.4 Å². The maximum Gasteiger partial charge on any atom is 0.343 e. The fourth-order valence-corrected chi connectivity index (χ4v) is 4.06. The minimum Gasteiger partial charge on any atom is -0.462 e. The molecular formula is C27H27N5O4. The second-order valence-corrected chi connectivity index (χ2v) is 8.53. The topological polar surface area (TPSA) is 115 Å². The Morgan fingerprint density at radius 2 is 1.78 bits per heavy atom. The fourth-order valence-electron chi connectivity index (χ4n) is 4.06. The van der Waals surface area contributed by atoms with Gasteiger partial charge in [0.1, 0.15) is 5.56 Å². The van der Waals surface area contributed by atoms with Crippen LogP contribution in [0.25, 0.3) is 16.7 Å². The Hall–Kier alpha value is -4.53. The minimum atomic E-state index is -0.615. The standard InChI is InChI=1S/C27H27N5O4/c1-6-36-27(35)22-14-28-32(23-12-16(3)21-11-15(2)10-17(4)24(21)30-23)25(22)31-26(34)19-8-7-9-20(13-19)29-18(5)33/h7-14H,6H2,1-5H3,(H,29,33)(H,31,34). The molecule has 2 amide bonds. The van der Waals surface area contributed by atoms with Gasteiger partial charge in [-0.1, -0.05) is 17.7 Å². The number of hydrogen-bond donors (Lipinski definition) is 2. The van der Waals surface area contributed by atoms with Gasteiger partial charge in [0, 0.05) is 23.6 Å². The van der Waals surface area contributed by atoms with Gasteiger partial charge in [-0.05, 0) is 69.2 Å². The van der Waals surface area contributed by atoms with Gasteiger partial charge in [0.05, 0.1) is 18.3 Å². The number of anilines is 2. The highest BCUT2D eigenvalue weighted by Crippen LogP contribution is 2.27. The van der Waals surface area contributed by atoms with Gasteiger partial charge in [0.25, 0.3) is 5.91 Å². The van der Waals surface area contributed by atoms with Crippen LogP contribution >= 0.6 is 0 Å². The zero-order valence-corrected chi connectivity index (χ0v) is 20.8. The summed E-state index contributed by atoms with van der Waals surface area (Å²) in [6, 6.07) is 12.5. The number of hydrogen-bond acceptors (Lipinski definition) is 6. The van der Waals surface area contributed by atoms with Crippen LogP contribution in [-0.4, -0.2) is 39.2 Å². The number of fused-ring (bicyclic) bond motifs is 1. The van der Waals surface area contributed by atoms with Crippen LogP contribution < -0.4 is 10.6 Å². The van der Waals surface area contributed by atoms with E-state index in [1.54, 1.807) is 31.2 Å². The summed E-state index contributed by atoms with van der Waals surface area (Å²) < 4.78 is 6.61. The molecule has 0 atom stereocenters. The summed E-state index contributed by atoms with van der Waals surface area (Å²) in [5, 5.41) is 10.8. The number of pyridine rings is 1. The summed E-state index contributed by atoms with van der Waals surface area (Å²) in [7, 11) is 0. The van der Waals surface area contributed by atoms with E-state index in [-0.39, 0.29) is 29.5 Å². The Morgan fingerprint density at radius 3 is 2.50 bits per heavy atom. The van der Waals surface area contributed by atoms with E-state index in [0.29, 0.717) is 11.5 Å². The molecule has 0 fully saturated rings. The third-order valence-electron chi connectivity index (χ3n) is 5.60. The molecule has 36 heavy (non-hydrogen) atoms. The highest BCUT2D eigenvalue weighted by atomic mass is 16.5. The van der Waals surface area contributed by atoms with Gasteiger partial charge < -0.3 is 15.4 Å². The molecule has 4 aromatic rings. The summed E-state index contributed by atoms with van der Waals surface area (Å²) in [5.41, 5.74) is 4.80. The van der Waals surface area contributed by atoms with Crippen LogP contribution in [0.4, 0.5) is 11.5 Å². The van der Waals surface area contributed by atoms with Gasteiger partial charge in [0.2, 0.25) is 5.91 Å². The van der Waals surface area contributed by atoms with E-state index in [1.165, 1.54) is 17.8 Å². The number of esters is 1. The number of benzene rings is 2. The van der Waals surface area contributed by atoms with Crippen molar-refractivity contribution >= 4 is 40.2 Å². The molecule has 0 bridgehead atoms.